The third kappa shape index (κ3) is 7.65. The van der Waals surface area contributed by atoms with Gasteiger partial charge in [-0.3, -0.25) is 4.79 Å². The fourth-order valence-corrected chi connectivity index (χ4v) is 3.25. The van der Waals surface area contributed by atoms with Crippen molar-refractivity contribution < 1.29 is 9.53 Å². The van der Waals surface area contributed by atoms with E-state index in [0.29, 0.717) is 35.8 Å². The summed E-state index contributed by atoms with van der Waals surface area (Å²) in [4.78, 5) is 21.4. The Balaban J connectivity index is 2.06. The molecule has 0 amide bonds. The molecular formula is C25H32N5O2-. The zero-order valence-corrected chi connectivity index (χ0v) is 18.9. The molecule has 0 saturated carbocycles. The van der Waals surface area contributed by atoms with Gasteiger partial charge in [-0.05, 0) is 48.3 Å². The minimum atomic E-state index is -0.249. The van der Waals surface area contributed by atoms with Gasteiger partial charge in [0.2, 0.25) is 0 Å². The molecule has 1 aliphatic rings. The highest BCUT2D eigenvalue weighted by Crippen LogP contribution is 2.34. The van der Waals surface area contributed by atoms with Crippen LogP contribution in [0.25, 0.3) is 5.41 Å². The number of ether oxygens (including phenoxy) is 1. The van der Waals surface area contributed by atoms with Crippen LogP contribution in [0.2, 0.25) is 0 Å². The van der Waals surface area contributed by atoms with Gasteiger partial charge in [0.05, 0.1) is 5.56 Å². The Bertz CT molecular complexity index is 974. The molecule has 1 atom stereocenters. The van der Waals surface area contributed by atoms with Crippen LogP contribution in [0.3, 0.4) is 0 Å². The van der Waals surface area contributed by atoms with E-state index in [9.17, 15) is 10.2 Å². The van der Waals surface area contributed by atoms with Crippen molar-refractivity contribution in [2.75, 3.05) is 6.61 Å². The lowest BCUT2D eigenvalue weighted by atomic mass is 9.78. The third-order valence-electron chi connectivity index (χ3n) is 5.10. The molecule has 0 fully saturated rings. The van der Waals surface area contributed by atoms with E-state index in [4.69, 9.17) is 16.2 Å². The first-order chi connectivity index (χ1) is 15.3. The van der Waals surface area contributed by atoms with Crippen molar-refractivity contribution in [3.63, 3.8) is 0 Å². The number of nitrogens with two attached hydrogens (primary N) is 2. The van der Waals surface area contributed by atoms with Crippen molar-refractivity contribution >= 4 is 23.3 Å². The molecule has 7 heteroatoms. The second-order valence-corrected chi connectivity index (χ2v) is 8.14. The molecule has 4 N–H and O–H groups in total. The Hall–Kier alpha value is -3.48. The summed E-state index contributed by atoms with van der Waals surface area (Å²) in [5.41, 5.74) is 13.8. The van der Waals surface area contributed by atoms with E-state index in [0.717, 1.165) is 24.8 Å². The van der Waals surface area contributed by atoms with Crippen molar-refractivity contribution in [1.29, 1.82) is 0 Å². The predicted octanol–water partition coefficient (Wildman–Crippen LogP) is 4.74. The average Bonchev–Trinajstić information content (AvgIpc) is 2.77. The van der Waals surface area contributed by atoms with Gasteiger partial charge in [0.1, 0.15) is 12.4 Å². The van der Waals surface area contributed by atoms with E-state index in [-0.39, 0.29) is 23.7 Å². The van der Waals surface area contributed by atoms with Gasteiger partial charge in [-0.2, -0.15) is 0 Å². The van der Waals surface area contributed by atoms with Gasteiger partial charge in [0, 0.05) is 24.4 Å². The van der Waals surface area contributed by atoms with Crippen LogP contribution < -0.4 is 11.5 Å². The quantitative estimate of drug-likeness (QED) is 0.225. The third-order valence-corrected chi connectivity index (χ3v) is 5.10. The number of carbonyl (C=O) groups is 1. The van der Waals surface area contributed by atoms with Crippen molar-refractivity contribution in [1.82, 2.24) is 4.98 Å². The molecule has 1 aromatic rings. The first-order valence-electron chi connectivity index (χ1n) is 10.7. The molecule has 2 rings (SSSR count). The summed E-state index contributed by atoms with van der Waals surface area (Å²) >= 11 is 0. The second kappa shape index (κ2) is 11.8. The fourth-order valence-electron chi connectivity index (χ4n) is 3.25. The number of aromatic nitrogens is 1. The monoisotopic (exact) mass is 434 g/mol. The second-order valence-electron chi connectivity index (χ2n) is 8.14. The van der Waals surface area contributed by atoms with E-state index >= 15 is 0 Å². The SMILES string of the molecule is C=CC(=[N-])OCC1=CCC(C)(CC(N)=CC(=O)c2cccnc2N=C(N)CCCC)C=C1. The maximum Gasteiger partial charge on any atom is 0.191 e. The van der Waals surface area contributed by atoms with E-state index in [1.54, 1.807) is 18.3 Å². The molecular weight excluding hydrogens is 402 g/mol. The molecule has 1 aliphatic carbocycles. The number of nitrogens with zero attached hydrogens (tertiary/aromatic N) is 3. The van der Waals surface area contributed by atoms with Gasteiger partial charge < -0.3 is 21.6 Å². The Labute approximate surface area is 190 Å². The van der Waals surface area contributed by atoms with Crippen LogP contribution in [-0.2, 0) is 4.74 Å². The van der Waals surface area contributed by atoms with Gasteiger partial charge in [-0.25, -0.2) is 9.98 Å². The minimum Gasteiger partial charge on any atom is -0.771 e. The number of rotatable bonds is 11. The summed E-state index contributed by atoms with van der Waals surface area (Å²) in [5.74, 6) is 0.318. The van der Waals surface area contributed by atoms with E-state index < -0.39 is 0 Å². The highest BCUT2D eigenvalue weighted by atomic mass is 16.5. The number of ketones is 1. The molecule has 0 radical (unpaired) electrons. The molecule has 0 aliphatic heterocycles. The van der Waals surface area contributed by atoms with Crippen LogP contribution in [0.5, 0.6) is 0 Å². The van der Waals surface area contributed by atoms with Crippen LogP contribution in [0.1, 0.15) is 56.3 Å². The lowest BCUT2D eigenvalue weighted by molar-refractivity contribution is 0.104. The van der Waals surface area contributed by atoms with Crippen LogP contribution in [0.4, 0.5) is 5.82 Å². The summed E-state index contributed by atoms with van der Waals surface area (Å²) < 4.78 is 5.17. The molecule has 1 aromatic heterocycles. The maximum atomic E-state index is 12.9. The van der Waals surface area contributed by atoms with Crippen molar-refractivity contribution in [2.45, 2.75) is 46.0 Å². The summed E-state index contributed by atoms with van der Waals surface area (Å²) in [6.45, 7) is 7.86. The highest BCUT2D eigenvalue weighted by Gasteiger charge is 2.24. The zero-order chi connectivity index (χ0) is 23.6. The number of hydrogen-bond donors (Lipinski definition) is 2. The van der Waals surface area contributed by atoms with Gasteiger partial charge in [-0.15, -0.1) is 0 Å². The molecule has 0 saturated heterocycles. The Kier molecular flexibility index (Phi) is 9.13. The zero-order valence-electron chi connectivity index (χ0n) is 18.9. The van der Waals surface area contributed by atoms with Crippen LogP contribution in [-0.4, -0.2) is 29.1 Å². The molecule has 1 unspecified atom stereocenters. The topological polar surface area (TPSA) is 126 Å². The summed E-state index contributed by atoms with van der Waals surface area (Å²) in [5, 5.41) is 9.34. The number of amidine groups is 1. The number of allylic oxidation sites excluding steroid dienone is 4. The molecule has 170 valence electrons. The fraction of sp³-hybridized carbons (Fsp3) is 0.360. The largest absolute Gasteiger partial charge is 0.771 e. The highest BCUT2D eigenvalue weighted by molar-refractivity contribution is 6.08. The number of unbranched alkanes of at least 4 members (excludes halogenated alkanes) is 1. The smallest absolute Gasteiger partial charge is 0.191 e. The van der Waals surface area contributed by atoms with Crippen LogP contribution in [0, 0.1) is 5.41 Å². The van der Waals surface area contributed by atoms with E-state index in [1.807, 2.05) is 12.2 Å². The summed E-state index contributed by atoms with van der Waals surface area (Å²) in [7, 11) is 0. The summed E-state index contributed by atoms with van der Waals surface area (Å²) in [6.07, 6.45) is 14.2. The number of hydrogen-bond acceptors (Lipinski definition) is 5. The van der Waals surface area contributed by atoms with Crippen molar-refractivity contribution in [3.8, 4) is 0 Å². The lowest BCUT2D eigenvalue weighted by Gasteiger charge is -2.28. The Morgan fingerprint density at radius 1 is 1.44 bits per heavy atom. The van der Waals surface area contributed by atoms with Crippen molar-refractivity contribution in [3.05, 3.63) is 77.5 Å². The summed E-state index contributed by atoms with van der Waals surface area (Å²) in [6, 6.07) is 3.37. The standard InChI is InChI=1S/C25H32N5O2/c1-4-6-9-22(27)30-24-20(8-7-14-29-24)21(31)15-19(26)16-25(3)12-10-18(11-13-25)17-32-23(28)5-2/h5,7-8,10-12,14-15H,2,4,6,9,13,16-17,26H2,1,3H3,(H2,27,29,30)/q-1. The molecule has 0 bridgehead atoms. The predicted molar refractivity (Wildman–Crippen MR) is 131 cm³/mol. The van der Waals surface area contributed by atoms with E-state index in [2.05, 4.69) is 36.5 Å². The minimum absolute atomic E-state index is 0.204. The van der Waals surface area contributed by atoms with Gasteiger partial charge in [-0.1, -0.05) is 51.2 Å². The normalized spacial score (nSPS) is 18.8. The van der Waals surface area contributed by atoms with Crippen LogP contribution >= 0.6 is 0 Å². The van der Waals surface area contributed by atoms with Gasteiger partial charge in [0.25, 0.3) is 0 Å². The number of pyridine rings is 1. The average molecular weight is 435 g/mol. The lowest BCUT2D eigenvalue weighted by Crippen LogP contribution is -2.20. The van der Waals surface area contributed by atoms with Gasteiger partial charge in [0.15, 0.2) is 11.6 Å². The Morgan fingerprint density at radius 3 is 2.88 bits per heavy atom. The van der Waals surface area contributed by atoms with E-state index in [1.165, 1.54) is 12.2 Å². The molecule has 0 aromatic carbocycles. The molecule has 0 spiro atoms. The maximum absolute atomic E-state index is 12.9. The first kappa shape index (κ1) is 24.8. The molecule has 7 nitrogen and oxygen atoms in total. The Morgan fingerprint density at radius 2 is 2.22 bits per heavy atom. The molecule has 32 heavy (non-hydrogen) atoms. The van der Waals surface area contributed by atoms with Crippen LogP contribution in [0.15, 0.2) is 71.6 Å². The number of aliphatic imine (C=N–C) groups is 1. The van der Waals surface area contributed by atoms with Gasteiger partial charge >= 0.3 is 0 Å². The first-order valence-corrected chi connectivity index (χ1v) is 10.7. The van der Waals surface area contributed by atoms with Crippen molar-refractivity contribution in [2.24, 2.45) is 21.9 Å². The number of carbonyl (C=O) groups excluding carboxylic acids is 1. The molecule has 1 heterocycles.